The molecule has 1 aliphatic heterocycles. The predicted molar refractivity (Wildman–Crippen MR) is 87.2 cm³/mol. The van der Waals surface area contributed by atoms with Gasteiger partial charge in [0.05, 0.1) is 18.3 Å². The number of aryl methyl sites for hydroxylation is 2. The van der Waals surface area contributed by atoms with Crippen molar-refractivity contribution in [1.82, 2.24) is 15.1 Å². The fourth-order valence-electron chi connectivity index (χ4n) is 2.62. The maximum absolute atomic E-state index is 12.3. The van der Waals surface area contributed by atoms with Gasteiger partial charge in [0.15, 0.2) is 0 Å². The molecule has 0 spiro atoms. The van der Waals surface area contributed by atoms with Crippen LogP contribution in [0.25, 0.3) is 0 Å². The number of rotatable bonds is 7. The number of hydrogen-bond donors (Lipinski definition) is 1. The third-order valence-electron chi connectivity index (χ3n) is 3.77. The van der Waals surface area contributed by atoms with Gasteiger partial charge in [-0.2, -0.15) is 5.10 Å². The van der Waals surface area contributed by atoms with E-state index in [9.17, 15) is 9.59 Å². The Balaban J connectivity index is 1.92. The molecule has 0 aliphatic carbocycles. The lowest BCUT2D eigenvalue weighted by Crippen LogP contribution is -2.51. The molecule has 1 aromatic heterocycles. The molecule has 2 heterocycles. The van der Waals surface area contributed by atoms with Crippen LogP contribution >= 0.6 is 0 Å². The Morgan fingerprint density at radius 3 is 2.87 bits per heavy atom. The van der Waals surface area contributed by atoms with Gasteiger partial charge in [-0.3, -0.25) is 14.5 Å². The summed E-state index contributed by atoms with van der Waals surface area (Å²) >= 11 is 0. The normalized spacial score (nSPS) is 15.7. The molecule has 0 radical (unpaired) electrons. The van der Waals surface area contributed by atoms with Crippen LogP contribution in [0.15, 0.2) is 6.07 Å². The highest BCUT2D eigenvalue weighted by molar-refractivity contribution is 6.00. The number of anilines is 1. The van der Waals surface area contributed by atoms with E-state index in [2.05, 4.69) is 10.4 Å². The molecule has 7 nitrogen and oxygen atoms in total. The van der Waals surface area contributed by atoms with Gasteiger partial charge in [-0.05, 0) is 34.1 Å². The molecular weight excluding hydrogens is 296 g/mol. The summed E-state index contributed by atoms with van der Waals surface area (Å²) < 4.78 is 7.23. The molecular formula is C16H26N4O3. The topological polar surface area (TPSA) is 76.5 Å². The maximum atomic E-state index is 12.3. The lowest BCUT2D eigenvalue weighted by molar-refractivity contribution is -0.126. The quantitative estimate of drug-likeness (QED) is 0.767. The number of amides is 2. The SMILES string of the molecule is Cc1cc2n(n1)CCC(=O)N2[C@H](C)C(=O)NCCCOC(C)C. The van der Waals surface area contributed by atoms with E-state index in [1.807, 2.05) is 26.8 Å². The van der Waals surface area contributed by atoms with Gasteiger partial charge >= 0.3 is 0 Å². The third-order valence-corrected chi connectivity index (χ3v) is 3.77. The predicted octanol–water partition coefficient (Wildman–Crippen LogP) is 1.25. The molecule has 23 heavy (non-hydrogen) atoms. The number of carbonyl (C=O) groups excluding carboxylic acids is 2. The van der Waals surface area contributed by atoms with Gasteiger partial charge in [0.1, 0.15) is 11.9 Å². The Morgan fingerprint density at radius 2 is 2.17 bits per heavy atom. The molecule has 0 bridgehead atoms. The van der Waals surface area contributed by atoms with Crippen LogP contribution in [0.1, 0.15) is 39.3 Å². The molecule has 2 rings (SSSR count). The van der Waals surface area contributed by atoms with Gasteiger partial charge in [-0.15, -0.1) is 0 Å². The summed E-state index contributed by atoms with van der Waals surface area (Å²) in [5, 5.41) is 7.22. The van der Waals surface area contributed by atoms with Crippen molar-refractivity contribution in [3.63, 3.8) is 0 Å². The number of fused-ring (bicyclic) bond motifs is 1. The highest BCUT2D eigenvalue weighted by Crippen LogP contribution is 2.24. The molecule has 1 atom stereocenters. The van der Waals surface area contributed by atoms with Crippen LogP contribution < -0.4 is 10.2 Å². The summed E-state index contributed by atoms with van der Waals surface area (Å²) in [6.45, 7) is 9.31. The fourth-order valence-corrected chi connectivity index (χ4v) is 2.62. The standard InChI is InChI=1S/C16H26N4O3/c1-11(2)23-9-5-7-17-16(22)13(4)20-14-10-12(3)18-19(14)8-6-15(20)21/h10-11,13H,5-9H2,1-4H3,(H,17,22)/t13-/m1/s1. The van der Waals surface area contributed by atoms with E-state index >= 15 is 0 Å². The first-order chi connectivity index (χ1) is 10.9. The number of ether oxygens (including phenoxy) is 1. The summed E-state index contributed by atoms with van der Waals surface area (Å²) in [4.78, 5) is 26.1. The fraction of sp³-hybridized carbons (Fsp3) is 0.688. The van der Waals surface area contributed by atoms with Crippen molar-refractivity contribution >= 4 is 17.6 Å². The smallest absolute Gasteiger partial charge is 0.242 e. The first-order valence-electron chi connectivity index (χ1n) is 8.16. The minimum atomic E-state index is -0.552. The van der Waals surface area contributed by atoms with Crippen molar-refractivity contribution < 1.29 is 14.3 Å². The van der Waals surface area contributed by atoms with Crippen molar-refractivity contribution in [2.45, 2.75) is 59.2 Å². The Labute approximate surface area is 137 Å². The molecule has 2 amide bonds. The summed E-state index contributed by atoms with van der Waals surface area (Å²) in [5.41, 5.74) is 0.846. The van der Waals surface area contributed by atoms with E-state index in [0.29, 0.717) is 31.9 Å². The highest BCUT2D eigenvalue weighted by atomic mass is 16.5. The molecule has 1 N–H and O–H groups in total. The van der Waals surface area contributed by atoms with E-state index in [1.165, 1.54) is 0 Å². The second-order valence-corrected chi connectivity index (χ2v) is 6.12. The number of carbonyl (C=O) groups is 2. The maximum Gasteiger partial charge on any atom is 0.242 e. The Bertz CT molecular complexity index is 568. The zero-order valence-corrected chi connectivity index (χ0v) is 14.3. The number of aromatic nitrogens is 2. The summed E-state index contributed by atoms with van der Waals surface area (Å²) in [7, 11) is 0. The molecule has 0 saturated heterocycles. The molecule has 1 aromatic rings. The molecule has 0 aromatic carbocycles. The van der Waals surface area contributed by atoms with Gasteiger partial charge < -0.3 is 10.1 Å². The van der Waals surface area contributed by atoms with Crippen molar-refractivity contribution in [3.8, 4) is 0 Å². The molecule has 7 heteroatoms. The Kier molecular flexibility index (Phi) is 5.76. The molecule has 0 saturated carbocycles. The van der Waals surface area contributed by atoms with Gasteiger partial charge in [0.2, 0.25) is 11.8 Å². The Morgan fingerprint density at radius 1 is 1.43 bits per heavy atom. The second kappa shape index (κ2) is 7.59. The zero-order chi connectivity index (χ0) is 17.0. The number of nitrogens with one attached hydrogen (secondary N) is 1. The van der Waals surface area contributed by atoms with Crippen LogP contribution in [0, 0.1) is 6.92 Å². The summed E-state index contributed by atoms with van der Waals surface area (Å²) in [6.07, 6.45) is 1.31. The first-order valence-corrected chi connectivity index (χ1v) is 8.16. The first kappa shape index (κ1) is 17.5. The summed E-state index contributed by atoms with van der Waals surface area (Å²) in [6, 6.07) is 1.29. The van der Waals surface area contributed by atoms with Crippen LogP contribution in [0.5, 0.6) is 0 Å². The van der Waals surface area contributed by atoms with E-state index < -0.39 is 6.04 Å². The highest BCUT2D eigenvalue weighted by Gasteiger charge is 2.32. The van der Waals surface area contributed by atoms with Gasteiger partial charge in [-0.25, -0.2) is 4.68 Å². The van der Waals surface area contributed by atoms with Gasteiger partial charge in [-0.1, -0.05) is 0 Å². The lowest BCUT2D eigenvalue weighted by Gasteiger charge is -2.31. The van der Waals surface area contributed by atoms with E-state index in [4.69, 9.17) is 4.74 Å². The van der Waals surface area contributed by atoms with Gasteiger partial charge in [0.25, 0.3) is 0 Å². The Hall–Kier alpha value is -1.89. The van der Waals surface area contributed by atoms with Crippen LogP contribution in [0.2, 0.25) is 0 Å². The van der Waals surface area contributed by atoms with E-state index in [1.54, 1.807) is 16.5 Å². The third kappa shape index (κ3) is 4.31. The number of hydrogen-bond acceptors (Lipinski definition) is 4. The summed E-state index contributed by atoms with van der Waals surface area (Å²) in [5.74, 6) is 0.503. The second-order valence-electron chi connectivity index (χ2n) is 6.12. The van der Waals surface area contributed by atoms with Crippen molar-refractivity contribution in [2.24, 2.45) is 0 Å². The van der Waals surface area contributed by atoms with Crippen LogP contribution in [-0.2, 0) is 20.9 Å². The van der Waals surface area contributed by atoms with Crippen molar-refractivity contribution in [1.29, 1.82) is 0 Å². The van der Waals surface area contributed by atoms with Crippen molar-refractivity contribution in [3.05, 3.63) is 11.8 Å². The largest absolute Gasteiger partial charge is 0.379 e. The molecule has 128 valence electrons. The monoisotopic (exact) mass is 322 g/mol. The minimum Gasteiger partial charge on any atom is -0.379 e. The average Bonchev–Trinajstić information content (AvgIpc) is 2.86. The number of nitrogens with zero attached hydrogens (tertiary/aromatic N) is 3. The van der Waals surface area contributed by atoms with E-state index in [0.717, 1.165) is 12.1 Å². The van der Waals surface area contributed by atoms with Crippen LogP contribution in [0.3, 0.4) is 0 Å². The van der Waals surface area contributed by atoms with Crippen LogP contribution in [0.4, 0.5) is 5.82 Å². The van der Waals surface area contributed by atoms with Crippen LogP contribution in [-0.4, -0.2) is 46.9 Å². The average molecular weight is 322 g/mol. The molecule has 1 aliphatic rings. The van der Waals surface area contributed by atoms with Gasteiger partial charge in [0, 0.05) is 25.6 Å². The van der Waals surface area contributed by atoms with E-state index in [-0.39, 0.29) is 17.9 Å². The lowest BCUT2D eigenvalue weighted by atomic mass is 10.2. The molecule has 0 fully saturated rings. The van der Waals surface area contributed by atoms with Crippen molar-refractivity contribution in [2.75, 3.05) is 18.1 Å². The zero-order valence-electron chi connectivity index (χ0n) is 14.3. The molecule has 0 unspecified atom stereocenters. The minimum absolute atomic E-state index is 0.0387.